The van der Waals surface area contributed by atoms with Crippen molar-refractivity contribution in [2.24, 2.45) is 11.8 Å². The van der Waals surface area contributed by atoms with E-state index >= 15 is 0 Å². The van der Waals surface area contributed by atoms with Crippen LogP contribution in [0.5, 0.6) is 0 Å². The van der Waals surface area contributed by atoms with Gasteiger partial charge in [-0.25, -0.2) is 0 Å². The first-order valence-corrected chi connectivity index (χ1v) is 5.42. The molecule has 0 fully saturated rings. The van der Waals surface area contributed by atoms with Crippen LogP contribution >= 0.6 is 0 Å². The number of ether oxygens (including phenoxy) is 1. The lowest BCUT2D eigenvalue weighted by Gasteiger charge is -2.18. The topological polar surface area (TPSA) is 9.23 Å². The first kappa shape index (κ1) is 10.8. The molecule has 1 rings (SSSR count). The Kier molecular flexibility index (Phi) is 3.98. The van der Waals surface area contributed by atoms with Crippen molar-refractivity contribution in [1.82, 2.24) is 0 Å². The molecule has 1 heteroatoms. The van der Waals surface area contributed by atoms with E-state index in [-0.39, 0.29) is 0 Å². The van der Waals surface area contributed by atoms with Crippen molar-refractivity contribution >= 4 is 0 Å². The van der Waals surface area contributed by atoms with Crippen LogP contribution in [0.15, 0.2) is 11.1 Å². The van der Waals surface area contributed by atoms with E-state index in [1.54, 1.807) is 11.1 Å². The molecule has 0 aromatic carbocycles. The summed E-state index contributed by atoms with van der Waals surface area (Å²) < 4.78 is 5.51. The summed E-state index contributed by atoms with van der Waals surface area (Å²) in [6, 6.07) is 0. The molecule has 0 bridgehead atoms. The largest absolute Gasteiger partial charge is 0.381 e. The summed E-state index contributed by atoms with van der Waals surface area (Å²) in [4.78, 5) is 0. The summed E-state index contributed by atoms with van der Waals surface area (Å²) in [7, 11) is 0. The SMILES string of the molecule is CC(C)C1=C(C(C)C)CCOCC1. The maximum Gasteiger partial charge on any atom is 0.0503 e. The van der Waals surface area contributed by atoms with Crippen LogP contribution < -0.4 is 0 Å². The molecule has 1 aliphatic rings. The molecule has 0 radical (unpaired) electrons. The van der Waals surface area contributed by atoms with Crippen molar-refractivity contribution in [2.75, 3.05) is 13.2 Å². The lowest BCUT2D eigenvalue weighted by atomic mass is 9.87. The highest BCUT2D eigenvalue weighted by atomic mass is 16.5. The minimum absolute atomic E-state index is 0.694. The van der Waals surface area contributed by atoms with Crippen molar-refractivity contribution in [3.8, 4) is 0 Å². The molecule has 0 atom stereocenters. The second-order valence-corrected chi connectivity index (χ2v) is 4.47. The molecule has 0 amide bonds. The smallest absolute Gasteiger partial charge is 0.0503 e. The molecule has 1 heterocycles. The summed E-state index contributed by atoms with van der Waals surface area (Å²) in [5, 5.41) is 0. The van der Waals surface area contributed by atoms with Gasteiger partial charge in [0, 0.05) is 0 Å². The van der Waals surface area contributed by atoms with E-state index in [4.69, 9.17) is 4.74 Å². The minimum atomic E-state index is 0.694. The molecular formula is C12H22O. The van der Waals surface area contributed by atoms with E-state index in [9.17, 15) is 0 Å². The van der Waals surface area contributed by atoms with Gasteiger partial charge in [-0.05, 0) is 24.7 Å². The van der Waals surface area contributed by atoms with Crippen LogP contribution in [0.1, 0.15) is 40.5 Å². The number of rotatable bonds is 2. The van der Waals surface area contributed by atoms with Gasteiger partial charge in [0.2, 0.25) is 0 Å². The lowest BCUT2D eigenvalue weighted by Crippen LogP contribution is -2.04. The molecule has 0 aliphatic carbocycles. The predicted molar refractivity (Wildman–Crippen MR) is 56.8 cm³/mol. The highest BCUT2D eigenvalue weighted by Gasteiger charge is 2.16. The zero-order valence-electron chi connectivity index (χ0n) is 9.39. The predicted octanol–water partition coefficient (Wildman–Crippen LogP) is 3.41. The molecule has 0 saturated carbocycles. The summed E-state index contributed by atoms with van der Waals surface area (Å²) in [5.41, 5.74) is 3.29. The Morgan fingerprint density at radius 1 is 0.846 bits per heavy atom. The standard InChI is InChI=1S/C12H22O/c1-9(2)11-5-7-13-8-6-12(11)10(3)4/h9-10H,5-8H2,1-4H3. The second-order valence-electron chi connectivity index (χ2n) is 4.47. The van der Waals surface area contributed by atoms with Crippen LogP contribution in [0.25, 0.3) is 0 Å². The van der Waals surface area contributed by atoms with Gasteiger partial charge in [-0.15, -0.1) is 0 Å². The highest BCUT2D eigenvalue weighted by molar-refractivity contribution is 5.19. The van der Waals surface area contributed by atoms with Crippen molar-refractivity contribution < 1.29 is 4.74 Å². The Balaban J connectivity index is 2.85. The number of hydrogen-bond donors (Lipinski definition) is 0. The van der Waals surface area contributed by atoms with E-state index < -0.39 is 0 Å². The second kappa shape index (κ2) is 4.80. The van der Waals surface area contributed by atoms with Gasteiger partial charge < -0.3 is 4.74 Å². The molecule has 0 unspecified atom stereocenters. The molecule has 13 heavy (non-hydrogen) atoms. The monoisotopic (exact) mass is 182 g/mol. The van der Waals surface area contributed by atoms with E-state index in [2.05, 4.69) is 27.7 Å². The van der Waals surface area contributed by atoms with Crippen molar-refractivity contribution in [3.63, 3.8) is 0 Å². The average Bonchev–Trinajstić information content (AvgIpc) is 2.27. The third-order valence-corrected chi connectivity index (χ3v) is 2.84. The Morgan fingerprint density at radius 3 is 1.54 bits per heavy atom. The van der Waals surface area contributed by atoms with E-state index in [0.717, 1.165) is 26.1 Å². The number of hydrogen-bond acceptors (Lipinski definition) is 1. The van der Waals surface area contributed by atoms with Gasteiger partial charge in [0.1, 0.15) is 0 Å². The molecular weight excluding hydrogens is 160 g/mol. The third kappa shape index (κ3) is 2.84. The van der Waals surface area contributed by atoms with E-state index in [1.165, 1.54) is 0 Å². The fraction of sp³-hybridized carbons (Fsp3) is 0.833. The summed E-state index contributed by atoms with van der Waals surface area (Å²) in [6.45, 7) is 11.0. The quantitative estimate of drug-likeness (QED) is 0.595. The van der Waals surface area contributed by atoms with Gasteiger partial charge in [-0.3, -0.25) is 0 Å². The minimum Gasteiger partial charge on any atom is -0.381 e. The maximum atomic E-state index is 5.51. The van der Waals surface area contributed by atoms with Crippen LogP contribution in [-0.4, -0.2) is 13.2 Å². The lowest BCUT2D eigenvalue weighted by molar-refractivity contribution is 0.144. The zero-order chi connectivity index (χ0) is 9.84. The highest BCUT2D eigenvalue weighted by Crippen LogP contribution is 2.28. The van der Waals surface area contributed by atoms with Crippen LogP contribution in [-0.2, 0) is 4.74 Å². The molecule has 76 valence electrons. The van der Waals surface area contributed by atoms with Gasteiger partial charge in [0.15, 0.2) is 0 Å². The van der Waals surface area contributed by atoms with Crippen LogP contribution in [0.4, 0.5) is 0 Å². The maximum absolute atomic E-state index is 5.51. The summed E-state index contributed by atoms with van der Waals surface area (Å²) in [6.07, 6.45) is 2.29. The van der Waals surface area contributed by atoms with Crippen LogP contribution in [0.3, 0.4) is 0 Å². The van der Waals surface area contributed by atoms with E-state index in [0.29, 0.717) is 11.8 Å². The van der Waals surface area contributed by atoms with E-state index in [1.807, 2.05) is 0 Å². The summed E-state index contributed by atoms with van der Waals surface area (Å²) >= 11 is 0. The molecule has 1 aliphatic heterocycles. The van der Waals surface area contributed by atoms with Crippen molar-refractivity contribution in [1.29, 1.82) is 0 Å². The van der Waals surface area contributed by atoms with Gasteiger partial charge in [-0.1, -0.05) is 38.8 Å². The van der Waals surface area contributed by atoms with Gasteiger partial charge in [-0.2, -0.15) is 0 Å². The fourth-order valence-corrected chi connectivity index (χ4v) is 2.11. The van der Waals surface area contributed by atoms with Crippen molar-refractivity contribution in [2.45, 2.75) is 40.5 Å². The van der Waals surface area contributed by atoms with Crippen molar-refractivity contribution in [3.05, 3.63) is 11.1 Å². The van der Waals surface area contributed by atoms with Crippen LogP contribution in [0, 0.1) is 11.8 Å². The van der Waals surface area contributed by atoms with Gasteiger partial charge >= 0.3 is 0 Å². The first-order valence-electron chi connectivity index (χ1n) is 5.42. The Labute approximate surface area is 82.2 Å². The molecule has 0 saturated heterocycles. The first-order chi connectivity index (χ1) is 6.13. The van der Waals surface area contributed by atoms with Gasteiger partial charge in [0.05, 0.1) is 13.2 Å². The van der Waals surface area contributed by atoms with Crippen LogP contribution in [0.2, 0.25) is 0 Å². The Morgan fingerprint density at radius 2 is 1.23 bits per heavy atom. The molecule has 0 aromatic heterocycles. The molecule has 0 N–H and O–H groups in total. The van der Waals surface area contributed by atoms with Gasteiger partial charge in [0.25, 0.3) is 0 Å². The fourth-order valence-electron chi connectivity index (χ4n) is 2.11. The normalized spacial score (nSPS) is 19.8. The molecule has 0 aromatic rings. The third-order valence-electron chi connectivity index (χ3n) is 2.84. The molecule has 1 nitrogen and oxygen atoms in total. The zero-order valence-corrected chi connectivity index (χ0v) is 9.39. The Bertz CT molecular complexity index is 169. The Hall–Kier alpha value is -0.300. The molecule has 0 spiro atoms. The average molecular weight is 182 g/mol. The summed E-state index contributed by atoms with van der Waals surface area (Å²) in [5.74, 6) is 1.39.